The molecule has 3 aromatic carbocycles. The van der Waals surface area contributed by atoms with E-state index in [9.17, 15) is 14.4 Å². The number of para-hydroxylation sites is 1. The summed E-state index contributed by atoms with van der Waals surface area (Å²) in [7, 11) is 1.60. The molecule has 1 fully saturated rings. The van der Waals surface area contributed by atoms with Gasteiger partial charge < -0.3 is 24.4 Å². The van der Waals surface area contributed by atoms with Crippen molar-refractivity contribution in [2.75, 3.05) is 30.5 Å². The van der Waals surface area contributed by atoms with Gasteiger partial charge in [0.1, 0.15) is 17.2 Å². The van der Waals surface area contributed by atoms with Gasteiger partial charge in [-0.25, -0.2) is 0 Å². The molecule has 1 heterocycles. The van der Waals surface area contributed by atoms with Crippen molar-refractivity contribution in [1.82, 2.24) is 0 Å². The molecule has 2 amide bonds. The van der Waals surface area contributed by atoms with E-state index in [-0.39, 0.29) is 18.9 Å². The largest absolute Gasteiger partial charge is 0.497 e. The van der Waals surface area contributed by atoms with Gasteiger partial charge in [0.2, 0.25) is 5.91 Å². The molecule has 8 heteroatoms. The van der Waals surface area contributed by atoms with E-state index in [1.165, 1.54) is 0 Å². The molecular formula is C28H28N2O6. The lowest BCUT2D eigenvalue weighted by atomic mass is 10.1. The Balaban J connectivity index is 1.30. The number of esters is 1. The summed E-state index contributed by atoms with van der Waals surface area (Å²) in [4.78, 5) is 39.0. The predicted octanol–water partition coefficient (Wildman–Crippen LogP) is 4.64. The number of hydrogen-bond donors (Lipinski definition) is 1. The maximum atomic E-state index is 12.6. The van der Waals surface area contributed by atoms with Gasteiger partial charge in [0.25, 0.3) is 5.91 Å². The van der Waals surface area contributed by atoms with Gasteiger partial charge in [-0.05, 0) is 73.5 Å². The minimum absolute atomic E-state index is 0.0292. The first kappa shape index (κ1) is 24.8. The highest BCUT2D eigenvalue weighted by Crippen LogP contribution is 2.30. The second kappa shape index (κ2) is 10.9. The monoisotopic (exact) mass is 488 g/mol. The molecule has 1 aliphatic rings. The summed E-state index contributed by atoms with van der Waals surface area (Å²) in [6.45, 7) is 3.57. The van der Waals surface area contributed by atoms with Crippen molar-refractivity contribution in [2.45, 2.75) is 20.3 Å². The van der Waals surface area contributed by atoms with Gasteiger partial charge in [-0.3, -0.25) is 14.4 Å². The lowest BCUT2D eigenvalue weighted by molar-refractivity contribution is -0.151. The van der Waals surface area contributed by atoms with Gasteiger partial charge in [-0.2, -0.15) is 0 Å². The lowest BCUT2D eigenvalue weighted by Crippen LogP contribution is -2.28. The van der Waals surface area contributed by atoms with Crippen LogP contribution >= 0.6 is 0 Å². The SMILES string of the molecule is COc1ccc(Oc2ccc(N3C[C@@H](C(=O)OCC(=O)Nc4c(C)cccc4C)CC3=O)cc2)cc1. The number of methoxy groups -OCH3 is 1. The fourth-order valence-electron chi connectivity index (χ4n) is 4.03. The topological polar surface area (TPSA) is 94.2 Å². The van der Waals surface area contributed by atoms with Crippen molar-refractivity contribution in [3.8, 4) is 17.2 Å². The number of rotatable bonds is 8. The standard InChI is InChI=1S/C28H28N2O6/c1-18-5-4-6-19(2)27(18)29-25(31)17-35-28(33)20-15-26(32)30(16-20)21-7-9-23(10-8-21)36-24-13-11-22(34-3)12-14-24/h4-14,20H,15-17H2,1-3H3,(H,29,31)/t20-/m0/s1. The maximum Gasteiger partial charge on any atom is 0.311 e. The number of ether oxygens (including phenoxy) is 3. The molecule has 4 rings (SSSR count). The molecule has 1 N–H and O–H groups in total. The Labute approximate surface area is 209 Å². The molecule has 0 aliphatic carbocycles. The van der Waals surface area contributed by atoms with Crippen molar-refractivity contribution in [2.24, 2.45) is 5.92 Å². The van der Waals surface area contributed by atoms with Crippen molar-refractivity contribution in [3.63, 3.8) is 0 Å². The van der Waals surface area contributed by atoms with E-state index in [2.05, 4.69) is 5.32 Å². The third-order valence-electron chi connectivity index (χ3n) is 5.99. The van der Waals surface area contributed by atoms with Crippen molar-refractivity contribution < 1.29 is 28.6 Å². The van der Waals surface area contributed by atoms with Crippen LogP contribution in [0.15, 0.2) is 66.7 Å². The normalized spacial score (nSPS) is 14.9. The van der Waals surface area contributed by atoms with Crippen LogP contribution in [0.3, 0.4) is 0 Å². The van der Waals surface area contributed by atoms with E-state index >= 15 is 0 Å². The van der Waals surface area contributed by atoms with Gasteiger partial charge in [0, 0.05) is 24.3 Å². The van der Waals surface area contributed by atoms with Crippen molar-refractivity contribution in [3.05, 3.63) is 77.9 Å². The van der Waals surface area contributed by atoms with E-state index in [0.29, 0.717) is 22.9 Å². The van der Waals surface area contributed by atoms with Crippen LogP contribution in [0.2, 0.25) is 0 Å². The number of nitrogens with one attached hydrogen (secondary N) is 1. The second-order valence-corrected chi connectivity index (χ2v) is 8.60. The number of nitrogens with zero attached hydrogens (tertiary/aromatic N) is 1. The Kier molecular flexibility index (Phi) is 7.53. The highest BCUT2D eigenvalue weighted by Gasteiger charge is 2.36. The molecule has 0 bridgehead atoms. The Morgan fingerprint density at radius 1 is 0.917 bits per heavy atom. The summed E-state index contributed by atoms with van der Waals surface area (Å²) < 4.78 is 16.2. The first-order chi connectivity index (χ1) is 17.3. The highest BCUT2D eigenvalue weighted by molar-refractivity contribution is 6.00. The van der Waals surface area contributed by atoms with Crippen LogP contribution in [0.1, 0.15) is 17.5 Å². The molecule has 0 unspecified atom stereocenters. The van der Waals surface area contributed by atoms with Crippen LogP contribution in [-0.4, -0.2) is 38.0 Å². The first-order valence-electron chi connectivity index (χ1n) is 11.6. The highest BCUT2D eigenvalue weighted by atomic mass is 16.5. The Bertz CT molecular complexity index is 1230. The van der Waals surface area contributed by atoms with Gasteiger partial charge >= 0.3 is 5.97 Å². The molecule has 1 atom stereocenters. The fourth-order valence-corrected chi connectivity index (χ4v) is 4.03. The molecular weight excluding hydrogens is 460 g/mol. The van der Waals surface area contributed by atoms with Crippen LogP contribution in [0.25, 0.3) is 0 Å². The van der Waals surface area contributed by atoms with Crippen LogP contribution in [-0.2, 0) is 19.1 Å². The molecule has 186 valence electrons. The van der Waals surface area contributed by atoms with E-state index in [4.69, 9.17) is 14.2 Å². The summed E-state index contributed by atoms with van der Waals surface area (Å²) in [5, 5.41) is 2.78. The molecule has 0 spiro atoms. The predicted molar refractivity (Wildman–Crippen MR) is 135 cm³/mol. The number of benzene rings is 3. The minimum atomic E-state index is -0.638. The quantitative estimate of drug-likeness (QED) is 0.465. The Morgan fingerprint density at radius 3 is 2.11 bits per heavy atom. The lowest BCUT2D eigenvalue weighted by Gasteiger charge is -2.17. The van der Waals surface area contributed by atoms with Crippen molar-refractivity contribution in [1.29, 1.82) is 0 Å². The molecule has 0 saturated carbocycles. The zero-order valence-corrected chi connectivity index (χ0v) is 20.4. The number of anilines is 2. The molecule has 3 aromatic rings. The number of amides is 2. The minimum Gasteiger partial charge on any atom is -0.497 e. The van der Waals surface area contributed by atoms with E-state index < -0.39 is 24.4 Å². The summed E-state index contributed by atoms with van der Waals surface area (Å²) >= 11 is 0. The van der Waals surface area contributed by atoms with E-state index in [0.717, 1.165) is 16.9 Å². The molecule has 0 aromatic heterocycles. The zero-order chi connectivity index (χ0) is 25.7. The molecule has 1 saturated heterocycles. The fraction of sp³-hybridized carbons (Fsp3) is 0.250. The molecule has 0 radical (unpaired) electrons. The van der Waals surface area contributed by atoms with Gasteiger partial charge in [0.05, 0.1) is 13.0 Å². The van der Waals surface area contributed by atoms with Crippen molar-refractivity contribution >= 4 is 29.2 Å². The molecule has 1 aliphatic heterocycles. The summed E-state index contributed by atoms with van der Waals surface area (Å²) in [6.07, 6.45) is 0.0292. The van der Waals surface area contributed by atoms with Gasteiger partial charge in [-0.15, -0.1) is 0 Å². The smallest absolute Gasteiger partial charge is 0.311 e. The van der Waals surface area contributed by atoms with Crippen LogP contribution in [0, 0.1) is 19.8 Å². The molecule has 36 heavy (non-hydrogen) atoms. The second-order valence-electron chi connectivity index (χ2n) is 8.60. The van der Waals surface area contributed by atoms with Crippen LogP contribution in [0.5, 0.6) is 17.2 Å². The number of hydrogen-bond acceptors (Lipinski definition) is 6. The Hall–Kier alpha value is -4.33. The Morgan fingerprint density at radius 2 is 1.50 bits per heavy atom. The third kappa shape index (κ3) is 5.83. The first-order valence-corrected chi connectivity index (χ1v) is 11.6. The number of aryl methyl sites for hydroxylation is 2. The number of carbonyl (C=O) groups is 3. The van der Waals surface area contributed by atoms with Crippen LogP contribution < -0.4 is 19.7 Å². The zero-order valence-electron chi connectivity index (χ0n) is 20.4. The average Bonchev–Trinajstić information content (AvgIpc) is 3.27. The summed E-state index contributed by atoms with van der Waals surface area (Å²) in [6, 6.07) is 20.0. The number of carbonyl (C=O) groups excluding carboxylic acids is 3. The van der Waals surface area contributed by atoms with Gasteiger partial charge in [0.15, 0.2) is 6.61 Å². The van der Waals surface area contributed by atoms with Gasteiger partial charge in [-0.1, -0.05) is 18.2 Å². The van der Waals surface area contributed by atoms with Crippen LogP contribution in [0.4, 0.5) is 11.4 Å². The summed E-state index contributed by atoms with van der Waals surface area (Å²) in [5.74, 6) is 0.199. The average molecular weight is 489 g/mol. The van der Waals surface area contributed by atoms with E-state index in [1.54, 1.807) is 60.5 Å². The van der Waals surface area contributed by atoms with E-state index in [1.807, 2.05) is 32.0 Å². The summed E-state index contributed by atoms with van der Waals surface area (Å²) in [5.41, 5.74) is 3.21. The third-order valence-corrected chi connectivity index (χ3v) is 5.99. The molecule has 8 nitrogen and oxygen atoms in total. The maximum absolute atomic E-state index is 12.6.